The van der Waals surface area contributed by atoms with Gasteiger partial charge in [0.25, 0.3) is 0 Å². The van der Waals surface area contributed by atoms with E-state index < -0.39 is 0 Å². The van der Waals surface area contributed by atoms with Gasteiger partial charge in [0.1, 0.15) is 10.5 Å². The Balaban J connectivity index is 1.96. The maximum absolute atomic E-state index is 11.9. The Bertz CT molecular complexity index is 385. The second kappa shape index (κ2) is 3.81. The summed E-state index contributed by atoms with van der Waals surface area (Å²) < 4.78 is 0. The molecule has 2 heterocycles. The molecule has 2 aliphatic heterocycles. The Hall–Kier alpha value is -0.420. The van der Waals surface area contributed by atoms with Crippen LogP contribution in [-0.2, 0) is 4.79 Å². The molecule has 1 amide bonds. The van der Waals surface area contributed by atoms with E-state index in [1.807, 2.05) is 0 Å². The van der Waals surface area contributed by atoms with Crippen molar-refractivity contribution < 1.29 is 4.79 Å². The number of carbonyl (C=O) groups is 1. The second-order valence-electron chi connectivity index (χ2n) is 4.62. The minimum absolute atomic E-state index is 0.143. The highest BCUT2D eigenvalue weighted by Gasteiger charge is 2.48. The first-order valence-electron chi connectivity index (χ1n) is 5.83. The number of amides is 1. The highest BCUT2D eigenvalue weighted by molar-refractivity contribution is 8.14. The highest BCUT2D eigenvalue weighted by Crippen LogP contribution is 2.41. The topological polar surface area (TPSA) is 32.7 Å². The van der Waals surface area contributed by atoms with E-state index in [4.69, 9.17) is 17.2 Å². The fourth-order valence-electron chi connectivity index (χ4n) is 2.70. The van der Waals surface area contributed by atoms with Gasteiger partial charge < -0.3 is 0 Å². The van der Waals surface area contributed by atoms with Gasteiger partial charge in [-0.05, 0) is 12.8 Å². The Kier molecular flexibility index (Phi) is 2.55. The van der Waals surface area contributed by atoms with Gasteiger partial charge in [0, 0.05) is 12.2 Å². The van der Waals surface area contributed by atoms with Gasteiger partial charge in [-0.1, -0.05) is 43.2 Å². The summed E-state index contributed by atoms with van der Waals surface area (Å²) in [6, 6.07) is 0. The quantitative estimate of drug-likeness (QED) is 0.622. The zero-order valence-corrected chi connectivity index (χ0v) is 10.7. The molecule has 2 fully saturated rings. The van der Waals surface area contributed by atoms with Crippen LogP contribution in [0.5, 0.6) is 0 Å². The van der Waals surface area contributed by atoms with Crippen LogP contribution in [0, 0.1) is 0 Å². The third kappa shape index (κ3) is 1.44. The van der Waals surface area contributed by atoms with Crippen LogP contribution in [0.3, 0.4) is 0 Å². The molecule has 86 valence electrons. The van der Waals surface area contributed by atoms with E-state index in [0.29, 0.717) is 6.42 Å². The van der Waals surface area contributed by atoms with Gasteiger partial charge in [0.15, 0.2) is 5.17 Å². The molecule has 0 aromatic rings. The van der Waals surface area contributed by atoms with E-state index in [-0.39, 0.29) is 11.4 Å². The molecule has 3 nitrogen and oxygen atoms in total. The van der Waals surface area contributed by atoms with Crippen LogP contribution in [-0.4, -0.2) is 32.3 Å². The molecule has 0 atom stereocenters. The Morgan fingerprint density at radius 1 is 1.31 bits per heavy atom. The van der Waals surface area contributed by atoms with Crippen molar-refractivity contribution in [1.29, 1.82) is 0 Å². The molecule has 0 radical (unpaired) electrons. The van der Waals surface area contributed by atoms with Crippen molar-refractivity contribution in [2.45, 2.75) is 44.1 Å². The standard InChI is InChI=1S/C11H14N2OS2/c14-8-4-7-16-10-12-11(9(15)13(8)10)5-2-1-3-6-11/h1-7H2. The molecular formula is C11H14N2OS2. The first-order chi connectivity index (χ1) is 7.73. The minimum atomic E-state index is -0.198. The summed E-state index contributed by atoms with van der Waals surface area (Å²) >= 11 is 7.18. The molecule has 1 saturated carbocycles. The maximum atomic E-state index is 11.9. The van der Waals surface area contributed by atoms with Crippen molar-refractivity contribution >= 4 is 40.0 Å². The lowest BCUT2D eigenvalue weighted by Crippen LogP contribution is -2.46. The fraction of sp³-hybridized carbons (Fsp3) is 0.727. The lowest BCUT2D eigenvalue weighted by atomic mass is 9.82. The minimum Gasteiger partial charge on any atom is -0.274 e. The molecular weight excluding hydrogens is 240 g/mol. The summed E-state index contributed by atoms with van der Waals surface area (Å²) in [5.41, 5.74) is -0.198. The predicted molar refractivity (Wildman–Crippen MR) is 69.8 cm³/mol. The zero-order valence-electron chi connectivity index (χ0n) is 9.07. The van der Waals surface area contributed by atoms with Crippen molar-refractivity contribution in [3.8, 4) is 0 Å². The van der Waals surface area contributed by atoms with Crippen LogP contribution >= 0.6 is 24.0 Å². The molecule has 1 spiro atoms. The Labute approximate surface area is 105 Å². The van der Waals surface area contributed by atoms with Crippen molar-refractivity contribution in [1.82, 2.24) is 4.90 Å². The fourth-order valence-corrected chi connectivity index (χ4v) is 4.21. The molecule has 0 N–H and O–H groups in total. The number of nitrogens with zero attached hydrogens (tertiary/aromatic N) is 2. The number of hydrogen-bond donors (Lipinski definition) is 0. The monoisotopic (exact) mass is 254 g/mol. The molecule has 0 aromatic carbocycles. The van der Waals surface area contributed by atoms with Gasteiger partial charge in [-0.3, -0.25) is 9.69 Å². The second-order valence-corrected chi connectivity index (χ2v) is 6.07. The van der Waals surface area contributed by atoms with Gasteiger partial charge in [0.2, 0.25) is 5.91 Å². The number of amidine groups is 1. The van der Waals surface area contributed by atoms with Gasteiger partial charge in [-0.25, -0.2) is 4.99 Å². The van der Waals surface area contributed by atoms with E-state index in [9.17, 15) is 4.79 Å². The summed E-state index contributed by atoms with van der Waals surface area (Å²) in [5, 5.41) is 0.864. The number of fused-ring (bicyclic) bond motifs is 1. The molecule has 1 saturated heterocycles. The molecule has 5 heteroatoms. The molecule has 0 unspecified atom stereocenters. The van der Waals surface area contributed by atoms with Crippen LogP contribution in [0.25, 0.3) is 0 Å². The van der Waals surface area contributed by atoms with Crippen LogP contribution in [0.15, 0.2) is 4.99 Å². The SMILES string of the molecule is O=C1CCSC2=NC3(CCCCC3)C(=S)N12. The Morgan fingerprint density at radius 2 is 2.06 bits per heavy atom. The van der Waals surface area contributed by atoms with E-state index in [1.54, 1.807) is 16.7 Å². The van der Waals surface area contributed by atoms with Crippen molar-refractivity contribution in [2.75, 3.05) is 5.75 Å². The van der Waals surface area contributed by atoms with Crippen molar-refractivity contribution in [3.63, 3.8) is 0 Å². The normalized spacial score (nSPS) is 28.2. The van der Waals surface area contributed by atoms with E-state index >= 15 is 0 Å². The van der Waals surface area contributed by atoms with Gasteiger partial charge >= 0.3 is 0 Å². The van der Waals surface area contributed by atoms with E-state index in [0.717, 1.165) is 28.8 Å². The van der Waals surface area contributed by atoms with Gasteiger partial charge in [-0.2, -0.15) is 0 Å². The van der Waals surface area contributed by atoms with Crippen molar-refractivity contribution in [3.05, 3.63) is 0 Å². The summed E-state index contributed by atoms with van der Waals surface area (Å²) in [5.74, 6) is 0.997. The summed E-state index contributed by atoms with van der Waals surface area (Å²) in [6.45, 7) is 0. The first kappa shape index (κ1) is 10.7. The van der Waals surface area contributed by atoms with Crippen LogP contribution in [0.4, 0.5) is 0 Å². The smallest absolute Gasteiger partial charge is 0.234 e. The highest BCUT2D eigenvalue weighted by atomic mass is 32.2. The lowest BCUT2D eigenvalue weighted by molar-refractivity contribution is -0.124. The third-order valence-corrected chi connectivity index (χ3v) is 5.08. The zero-order chi connectivity index (χ0) is 11.2. The average Bonchev–Trinajstić information content (AvgIpc) is 2.55. The Morgan fingerprint density at radius 3 is 2.75 bits per heavy atom. The average molecular weight is 254 g/mol. The van der Waals surface area contributed by atoms with E-state index in [1.165, 1.54) is 19.3 Å². The molecule has 0 bridgehead atoms. The van der Waals surface area contributed by atoms with E-state index in [2.05, 4.69) is 0 Å². The number of thioether (sulfide) groups is 1. The number of aliphatic imine (C=N–C) groups is 1. The lowest BCUT2D eigenvalue weighted by Gasteiger charge is -2.31. The maximum Gasteiger partial charge on any atom is 0.234 e. The van der Waals surface area contributed by atoms with Crippen LogP contribution in [0.1, 0.15) is 38.5 Å². The number of rotatable bonds is 0. The molecule has 3 aliphatic rings. The van der Waals surface area contributed by atoms with Crippen molar-refractivity contribution in [2.24, 2.45) is 4.99 Å². The number of carbonyl (C=O) groups excluding carboxylic acids is 1. The largest absolute Gasteiger partial charge is 0.274 e. The summed E-state index contributed by atoms with van der Waals surface area (Å²) in [4.78, 5) is 19.1. The van der Waals surface area contributed by atoms with Crippen LogP contribution < -0.4 is 0 Å². The molecule has 3 rings (SSSR count). The molecule has 1 aliphatic carbocycles. The predicted octanol–water partition coefficient (Wildman–Crippen LogP) is 2.35. The number of hydrogen-bond acceptors (Lipinski definition) is 4. The molecule has 16 heavy (non-hydrogen) atoms. The summed E-state index contributed by atoms with van der Waals surface area (Å²) in [7, 11) is 0. The van der Waals surface area contributed by atoms with Gasteiger partial charge in [-0.15, -0.1) is 0 Å². The molecule has 0 aromatic heterocycles. The first-order valence-corrected chi connectivity index (χ1v) is 7.22. The third-order valence-electron chi connectivity index (χ3n) is 3.58. The van der Waals surface area contributed by atoms with Crippen LogP contribution in [0.2, 0.25) is 0 Å². The number of thiocarbonyl (C=S) groups is 1. The van der Waals surface area contributed by atoms with Gasteiger partial charge in [0.05, 0.1) is 0 Å². The summed E-state index contributed by atoms with van der Waals surface area (Å²) in [6.07, 6.45) is 6.29.